The molecule has 0 heterocycles. The quantitative estimate of drug-likeness (QED) is 0.548. The van der Waals surface area contributed by atoms with Crippen LogP contribution in [0.2, 0.25) is 0 Å². The van der Waals surface area contributed by atoms with Gasteiger partial charge in [0.15, 0.2) is 0 Å². The average Bonchev–Trinajstić information content (AvgIpc) is 2.59. The zero-order valence-electron chi connectivity index (χ0n) is 14.0. The molecule has 0 aliphatic rings. The smallest absolute Gasteiger partial charge is 0.304 e. The molecule has 2 rings (SSSR count). The Morgan fingerprint density at radius 1 is 1.19 bits per heavy atom. The zero-order valence-corrected chi connectivity index (χ0v) is 14.8. The van der Waals surface area contributed by atoms with E-state index in [4.69, 9.17) is 0 Å². The molecule has 0 aliphatic heterocycles. The number of rotatable bonds is 7. The first-order valence-electron chi connectivity index (χ1n) is 7.66. The van der Waals surface area contributed by atoms with E-state index in [2.05, 4.69) is 10.0 Å². The van der Waals surface area contributed by atoms with Gasteiger partial charge >= 0.3 is 5.69 Å². The fraction of sp³-hybridized carbons (Fsp3) is 0.188. The minimum Gasteiger partial charge on any atom is -0.325 e. The lowest BCUT2D eigenvalue weighted by Crippen LogP contribution is -2.43. The number of amides is 1. The highest BCUT2D eigenvalue weighted by atomic mass is 32.2. The van der Waals surface area contributed by atoms with Gasteiger partial charge in [0.1, 0.15) is 11.9 Å². The largest absolute Gasteiger partial charge is 0.325 e. The fourth-order valence-electron chi connectivity index (χ4n) is 2.15. The third kappa shape index (κ3) is 5.05. The molecule has 144 valence electrons. The van der Waals surface area contributed by atoms with Crippen LogP contribution >= 0.6 is 0 Å². The van der Waals surface area contributed by atoms with Crippen molar-refractivity contribution in [3.63, 3.8) is 0 Å². The summed E-state index contributed by atoms with van der Waals surface area (Å²) < 4.78 is 53.3. The number of carbonyl (C=O) groups excluding carboxylic acids is 1. The molecule has 0 spiro atoms. The number of nitro groups is 1. The summed E-state index contributed by atoms with van der Waals surface area (Å²) in [6.07, 6.45) is 0.0712. The lowest BCUT2D eigenvalue weighted by atomic mass is 10.2. The van der Waals surface area contributed by atoms with Gasteiger partial charge in [-0.3, -0.25) is 14.9 Å². The molecular weight excluding hydrogens is 384 g/mol. The average molecular weight is 399 g/mol. The lowest BCUT2D eigenvalue weighted by Gasteiger charge is -2.17. The number of hydrogen-bond acceptors (Lipinski definition) is 5. The van der Waals surface area contributed by atoms with Gasteiger partial charge in [0.2, 0.25) is 21.7 Å². The Hall–Kier alpha value is -2.92. The maximum atomic E-state index is 13.6. The van der Waals surface area contributed by atoms with Gasteiger partial charge in [-0.05, 0) is 36.8 Å². The van der Waals surface area contributed by atoms with Gasteiger partial charge in [-0.25, -0.2) is 12.8 Å². The molecule has 0 aliphatic carbocycles. The van der Waals surface area contributed by atoms with Gasteiger partial charge in [-0.2, -0.15) is 9.11 Å². The Morgan fingerprint density at radius 3 is 2.33 bits per heavy atom. The number of carbonyl (C=O) groups is 1. The van der Waals surface area contributed by atoms with Crippen molar-refractivity contribution < 1.29 is 26.9 Å². The second-order valence-electron chi connectivity index (χ2n) is 5.45. The number of anilines is 1. The summed E-state index contributed by atoms with van der Waals surface area (Å²) in [5.74, 6) is -2.53. The van der Waals surface area contributed by atoms with E-state index in [1.54, 1.807) is 6.92 Å². The van der Waals surface area contributed by atoms with Crippen LogP contribution in [-0.4, -0.2) is 25.3 Å². The molecular formula is C16H15F2N3O5S. The lowest BCUT2D eigenvalue weighted by molar-refractivity contribution is -0.387. The number of benzene rings is 2. The number of hydrogen-bond donors (Lipinski definition) is 2. The molecule has 1 atom stereocenters. The van der Waals surface area contributed by atoms with Crippen molar-refractivity contribution in [3.8, 4) is 0 Å². The summed E-state index contributed by atoms with van der Waals surface area (Å²) in [5, 5.41) is 12.9. The van der Waals surface area contributed by atoms with E-state index in [-0.39, 0.29) is 17.0 Å². The van der Waals surface area contributed by atoms with E-state index in [9.17, 15) is 32.1 Å². The fourth-order valence-corrected chi connectivity index (χ4v) is 3.43. The third-order valence-electron chi connectivity index (χ3n) is 3.56. The molecule has 8 nitrogen and oxygen atoms in total. The van der Waals surface area contributed by atoms with E-state index in [0.29, 0.717) is 0 Å². The first-order chi connectivity index (χ1) is 12.6. The van der Waals surface area contributed by atoms with Gasteiger partial charge in [-0.15, -0.1) is 0 Å². The van der Waals surface area contributed by atoms with Crippen LogP contribution in [0.4, 0.5) is 20.2 Å². The van der Waals surface area contributed by atoms with Crippen molar-refractivity contribution in [3.05, 3.63) is 64.2 Å². The second kappa shape index (κ2) is 8.18. The van der Waals surface area contributed by atoms with E-state index in [1.807, 2.05) is 0 Å². The summed E-state index contributed by atoms with van der Waals surface area (Å²) in [5.41, 5.74) is -0.820. The molecule has 0 saturated carbocycles. The first-order valence-corrected chi connectivity index (χ1v) is 9.15. The molecule has 0 saturated heterocycles. The first kappa shape index (κ1) is 20.4. The van der Waals surface area contributed by atoms with Crippen molar-refractivity contribution in [2.45, 2.75) is 24.3 Å². The van der Waals surface area contributed by atoms with Crippen LogP contribution < -0.4 is 10.0 Å². The molecule has 2 aromatic carbocycles. The molecule has 2 aromatic rings. The summed E-state index contributed by atoms with van der Waals surface area (Å²) in [6, 6.07) is 5.61. The Bertz CT molecular complexity index is 965. The maximum Gasteiger partial charge on any atom is 0.304 e. The monoisotopic (exact) mass is 399 g/mol. The van der Waals surface area contributed by atoms with Gasteiger partial charge < -0.3 is 5.32 Å². The van der Waals surface area contributed by atoms with Crippen molar-refractivity contribution in [2.24, 2.45) is 0 Å². The molecule has 0 fully saturated rings. The molecule has 0 radical (unpaired) electrons. The standard InChI is InChI=1S/C16H15F2N3O5S/c1-2-14(20-27(25,26)12-6-3-10(17)4-7-12)16(22)19-11-5-8-15(21(23)24)13(18)9-11/h3-9,14,20H,2H2,1H3,(H,19,22). The topological polar surface area (TPSA) is 118 Å². The normalized spacial score (nSPS) is 12.4. The SMILES string of the molecule is CCC(NS(=O)(=O)c1ccc(F)cc1)C(=O)Nc1ccc([N+](=O)[O-])c(F)c1. The second-order valence-corrected chi connectivity index (χ2v) is 7.16. The molecule has 27 heavy (non-hydrogen) atoms. The maximum absolute atomic E-state index is 13.6. The predicted octanol–water partition coefficient (Wildman–Crippen LogP) is 2.57. The van der Waals surface area contributed by atoms with E-state index in [1.165, 1.54) is 0 Å². The number of nitrogens with one attached hydrogen (secondary N) is 2. The Labute approximate surface area is 153 Å². The Kier molecular flexibility index (Phi) is 6.18. The number of nitro benzene ring substituents is 1. The van der Waals surface area contributed by atoms with Crippen LogP contribution in [0, 0.1) is 21.7 Å². The molecule has 0 bridgehead atoms. The molecule has 11 heteroatoms. The minimum atomic E-state index is -4.09. The van der Waals surface area contributed by atoms with Crippen molar-refractivity contribution in [1.82, 2.24) is 4.72 Å². The van der Waals surface area contributed by atoms with Gasteiger partial charge in [-0.1, -0.05) is 6.92 Å². The van der Waals surface area contributed by atoms with Crippen LogP contribution in [0.3, 0.4) is 0 Å². The molecule has 1 amide bonds. The van der Waals surface area contributed by atoms with Crippen LogP contribution in [0.15, 0.2) is 47.4 Å². The van der Waals surface area contributed by atoms with Crippen LogP contribution in [0.1, 0.15) is 13.3 Å². The van der Waals surface area contributed by atoms with E-state index < -0.39 is 44.2 Å². The highest BCUT2D eigenvalue weighted by Crippen LogP contribution is 2.21. The summed E-state index contributed by atoms with van der Waals surface area (Å²) in [6.45, 7) is 1.55. The predicted molar refractivity (Wildman–Crippen MR) is 92.5 cm³/mol. The van der Waals surface area contributed by atoms with Crippen molar-refractivity contribution in [2.75, 3.05) is 5.32 Å². The third-order valence-corrected chi connectivity index (χ3v) is 5.05. The van der Waals surface area contributed by atoms with Crippen LogP contribution in [-0.2, 0) is 14.8 Å². The Balaban J connectivity index is 2.15. The van der Waals surface area contributed by atoms with Crippen molar-refractivity contribution >= 4 is 27.3 Å². The molecule has 0 aromatic heterocycles. The van der Waals surface area contributed by atoms with E-state index in [0.717, 1.165) is 42.5 Å². The number of halogens is 2. The molecule has 1 unspecified atom stereocenters. The van der Waals surface area contributed by atoms with Gasteiger partial charge in [0.05, 0.1) is 9.82 Å². The van der Waals surface area contributed by atoms with Crippen LogP contribution in [0.25, 0.3) is 0 Å². The van der Waals surface area contributed by atoms with Crippen LogP contribution in [0.5, 0.6) is 0 Å². The summed E-state index contributed by atoms with van der Waals surface area (Å²) >= 11 is 0. The van der Waals surface area contributed by atoms with E-state index >= 15 is 0 Å². The highest BCUT2D eigenvalue weighted by molar-refractivity contribution is 7.89. The number of nitrogens with zero attached hydrogens (tertiary/aromatic N) is 1. The zero-order chi connectivity index (χ0) is 20.2. The molecule has 2 N–H and O–H groups in total. The van der Waals surface area contributed by atoms with Gasteiger partial charge in [0, 0.05) is 17.8 Å². The number of sulfonamides is 1. The highest BCUT2D eigenvalue weighted by Gasteiger charge is 2.25. The summed E-state index contributed by atoms with van der Waals surface area (Å²) in [7, 11) is -4.09. The minimum absolute atomic E-state index is 0.0671. The Morgan fingerprint density at radius 2 is 1.81 bits per heavy atom. The van der Waals surface area contributed by atoms with Crippen molar-refractivity contribution in [1.29, 1.82) is 0 Å². The van der Waals surface area contributed by atoms with Gasteiger partial charge in [0.25, 0.3) is 0 Å². The summed E-state index contributed by atoms with van der Waals surface area (Å²) in [4.78, 5) is 21.7.